The van der Waals surface area contributed by atoms with Gasteiger partial charge in [-0.1, -0.05) is 0 Å². The van der Waals surface area contributed by atoms with Crippen molar-refractivity contribution in [1.82, 2.24) is 4.98 Å². The summed E-state index contributed by atoms with van der Waals surface area (Å²) in [4.78, 5) is 6.26. The third-order valence-electron chi connectivity index (χ3n) is 2.46. The van der Waals surface area contributed by atoms with Crippen molar-refractivity contribution in [3.8, 4) is 0 Å². The summed E-state index contributed by atoms with van der Waals surface area (Å²) < 4.78 is 0. The van der Waals surface area contributed by atoms with Crippen molar-refractivity contribution in [3.63, 3.8) is 0 Å². The Kier molecular flexibility index (Phi) is 1.64. The standard InChI is InChI=1S/C9H13N3/c1-7-3-5-12(7)9-2-4-11-6-8(9)10/h2,4,6-7H,3,5,10H2,1H3. The van der Waals surface area contributed by atoms with Gasteiger partial charge in [0.2, 0.25) is 0 Å². The Morgan fingerprint density at radius 3 is 3.00 bits per heavy atom. The highest BCUT2D eigenvalue weighted by Crippen LogP contribution is 2.29. The number of aromatic nitrogens is 1. The van der Waals surface area contributed by atoms with Crippen LogP contribution in [0.25, 0.3) is 0 Å². The fourth-order valence-electron chi connectivity index (χ4n) is 1.54. The molecule has 2 rings (SSSR count). The third kappa shape index (κ3) is 1.02. The Morgan fingerprint density at radius 1 is 1.67 bits per heavy atom. The maximum atomic E-state index is 5.79. The van der Waals surface area contributed by atoms with E-state index in [4.69, 9.17) is 5.73 Å². The van der Waals surface area contributed by atoms with Crippen molar-refractivity contribution in [2.45, 2.75) is 19.4 Å². The molecule has 1 atom stereocenters. The molecule has 1 aromatic heterocycles. The second-order valence-corrected chi connectivity index (χ2v) is 3.27. The maximum absolute atomic E-state index is 5.79. The number of nitrogens with two attached hydrogens (primary N) is 1. The minimum atomic E-state index is 0.634. The molecule has 12 heavy (non-hydrogen) atoms. The van der Waals surface area contributed by atoms with E-state index in [1.54, 1.807) is 12.4 Å². The smallest absolute Gasteiger partial charge is 0.0738 e. The van der Waals surface area contributed by atoms with Crippen molar-refractivity contribution < 1.29 is 0 Å². The van der Waals surface area contributed by atoms with Crippen molar-refractivity contribution in [3.05, 3.63) is 18.5 Å². The Labute approximate surface area is 72.2 Å². The number of nitrogens with zero attached hydrogens (tertiary/aromatic N) is 2. The van der Waals surface area contributed by atoms with Gasteiger partial charge >= 0.3 is 0 Å². The zero-order chi connectivity index (χ0) is 8.55. The summed E-state index contributed by atoms with van der Waals surface area (Å²) in [5, 5.41) is 0. The van der Waals surface area contributed by atoms with Crippen LogP contribution in [0.1, 0.15) is 13.3 Å². The summed E-state index contributed by atoms with van der Waals surface area (Å²) in [7, 11) is 0. The summed E-state index contributed by atoms with van der Waals surface area (Å²) in [6.45, 7) is 3.33. The topological polar surface area (TPSA) is 42.2 Å². The van der Waals surface area contributed by atoms with E-state index in [1.165, 1.54) is 6.42 Å². The van der Waals surface area contributed by atoms with Crippen molar-refractivity contribution in [1.29, 1.82) is 0 Å². The van der Waals surface area contributed by atoms with Crippen LogP contribution in [0.4, 0.5) is 11.4 Å². The molecule has 0 saturated carbocycles. The highest BCUT2D eigenvalue weighted by Gasteiger charge is 2.24. The summed E-state index contributed by atoms with van der Waals surface area (Å²) in [6, 6.07) is 2.61. The van der Waals surface area contributed by atoms with Gasteiger partial charge in [-0.3, -0.25) is 4.98 Å². The van der Waals surface area contributed by atoms with Crippen LogP contribution in [0.3, 0.4) is 0 Å². The largest absolute Gasteiger partial charge is 0.396 e. The van der Waals surface area contributed by atoms with Crippen LogP contribution in [-0.4, -0.2) is 17.6 Å². The zero-order valence-electron chi connectivity index (χ0n) is 7.20. The number of pyridine rings is 1. The molecule has 64 valence electrons. The third-order valence-corrected chi connectivity index (χ3v) is 2.46. The van der Waals surface area contributed by atoms with Gasteiger partial charge in [-0.2, -0.15) is 0 Å². The molecule has 3 nitrogen and oxygen atoms in total. The lowest BCUT2D eigenvalue weighted by molar-refractivity contribution is 0.482. The molecule has 2 N–H and O–H groups in total. The summed E-state index contributed by atoms with van der Waals surface area (Å²) >= 11 is 0. The van der Waals surface area contributed by atoms with E-state index >= 15 is 0 Å². The quantitative estimate of drug-likeness (QED) is 0.677. The first kappa shape index (κ1) is 7.40. The SMILES string of the molecule is CC1CCN1c1ccncc1N. The molecule has 1 unspecified atom stereocenters. The first-order valence-corrected chi connectivity index (χ1v) is 4.25. The molecule has 1 aromatic rings. The molecule has 1 aliphatic heterocycles. The molecule has 2 heterocycles. The minimum Gasteiger partial charge on any atom is -0.396 e. The van der Waals surface area contributed by atoms with Gasteiger partial charge in [0, 0.05) is 18.8 Å². The van der Waals surface area contributed by atoms with E-state index in [2.05, 4.69) is 16.8 Å². The first-order chi connectivity index (χ1) is 5.79. The summed E-state index contributed by atoms with van der Waals surface area (Å²) in [6.07, 6.45) is 4.76. The number of anilines is 2. The molecule has 1 fully saturated rings. The van der Waals surface area contributed by atoms with Gasteiger partial charge in [-0.05, 0) is 19.4 Å². The van der Waals surface area contributed by atoms with Crippen molar-refractivity contribution in [2.75, 3.05) is 17.2 Å². The van der Waals surface area contributed by atoms with E-state index in [0.29, 0.717) is 6.04 Å². The minimum absolute atomic E-state index is 0.634. The highest BCUT2D eigenvalue weighted by molar-refractivity contribution is 5.67. The molecule has 0 spiro atoms. The van der Waals surface area contributed by atoms with E-state index < -0.39 is 0 Å². The van der Waals surface area contributed by atoms with Crippen molar-refractivity contribution in [2.24, 2.45) is 0 Å². The molecular formula is C9H13N3. The van der Waals surface area contributed by atoms with Gasteiger partial charge in [0.15, 0.2) is 0 Å². The molecular weight excluding hydrogens is 150 g/mol. The second-order valence-electron chi connectivity index (χ2n) is 3.27. The Morgan fingerprint density at radius 2 is 2.50 bits per heavy atom. The monoisotopic (exact) mass is 163 g/mol. The number of hydrogen-bond donors (Lipinski definition) is 1. The molecule has 0 aliphatic carbocycles. The van der Waals surface area contributed by atoms with E-state index in [1.807, 2.05) is 6.07 Å². The predicted octanol–water partition coefficient (Wildman–Crippen LogP) is 1.26. The maximum Gasteiger partial charge on any atom is 0.0738 e. The summed E-state index contributed by atoms with van der Waals surface area (Å²) in [5.41, 5.74) is 7.70. The van der Waals surface area contributed by atoms with Crippen LogP contribution in [0.2, 0.25) is 0 Å². The van der Waals surface area contributed by atoms with E-state index in [0.717, 1.165) is 17.9 Å². The molecule has 3 heteroatoms. The summed E-state index contributed by atoms with van der Waals surface area (Å²) in [5.74, 6) is 0. The fourth-order valence-corrected chi connectivity index (χ4v) is 1.54. The predicted molar refractivity (Wildman–Crippen MR) is 50.1 cm³/mol. The van der Waals surface area contributed by atoms with Gasteiger partial charge < -0.3 is 10.6 Å². The molecule has 0 aromatic carbocycles. The Hall–Kier alpha value is -1.25. The van der Waals surface area contributed by atoms with Crippen LogP contribution >= 0.6 is 0 Å². The Bertz CT molecular complexity index is 285. The van der Waals surface area contributed by atoms with Crippen molar-refractivity contribution >= 4 is 11.4 Å². The van der Waals surface area contributed by atoms with Crippen LogP contribution < -0.4 is 10.6 Å². The van der Waals surface area contributed by atoms with Gasteiger partial charge in [0.25, 0.3) is 0 Å². The molecule has 1 saturated heterocycles. The number of nitrogen functional groups attached to an aromatic ring is 1. The van der Waals surface area contributed by atoms with Gasteiger partial charge in [-0.15, -0.1) is 0 Å². The van der Waals surface area contributed by atoms with E-state index in [-0.39, 0.29) is 0 Å². The average molecular weight is 163 g/mol. The molecule has 1 aliphatic rings. The highest BCUT2D eigenvalue weighted by atomic mass is 15.2. The normalized spacial score (nSPS) is 22.1. The van der Waals surface area contributed by atoms with Gasteiger partial charge in [0.05, 0.1) is 17.6 Å². The average Bonchev–Trinajstić information content (AvgIpc) is 2.06. The number of rotatable bonds is 1. The number of hydrogen-bond acceptors (Lipinski definition) is 3. The van der Waals surface area contributed by atoms with Crippen LogP contribution in [-0.2, 0) is 0 Å². The van der Waals surface area contributed by atoms with Gasteiger partial charge in [-0.25, -0.2) is 0 Å². The Balaban J connectivity index is 2.27. The fraction of sp³-hybridized carbons (Fsp3) is 0.444. The lowest BCUT2D eigenvalue weighted by Crippen LogP contribution is -2.46. The zero-order valence-corrected chi connectivity index (χ0v) is 7.20. The van der Waals surface area contributed by atoms with Crippen LogP contribution in [0.15, 0.2) is 18.5 Å². The lowest BCUT2D eigenvalue weighted by Gasteiger charge is -2.41. The van der Waals surface area contributed by atoms with Crippen LogP contribution in [0.5, 0.6) is 0 Å². The first-order valence-electron chi connectivity index (χ1n) is 4.25. The molecule has 0 bridgehead atoms. The lowest BCUT2D eigenvalue weighted by atomic mass is 10.0. The molecule has 0 radical (unpaired) electrons. The van der Waals surface area contributed by atoms with Crippen LogP contribution in [0, 0.1) is 0 Å². The van der Waals surface area contributed by atoms with E-state index in [9.17, 15) is 0 Å². The van der Waals surface area contributed by atoms with Gasteiger partial charge in [0.1, 0.15) is 0 Å². The molecule has 0 amide bonds. The second kappa shape index (κ2) is 2.66.